The molecule has 0 fully saturated rings. The summed E-state index contributed by atoms with van der Waals surface area (Å²) in [5, 5.41) is 18.6. The molecular weight excluding hydrogens is 266 g/mol. The summed E-state index contributed by atoms with van der Waals surface area (Å²) in [4.78, 5) is 0. The van der Waals surface area contributed by atoms with E-state index in [-0.39, 0.29) is 5.88 Å². The number of aromatic nitrogens is 1. The van der Waals surface area contributed by atoms with Gasteiger partial charge in [0, 0.05) is 6.54 Å². The van der Waals surface area contributed by atoms with Gasteiger partial charge in [-0.05, 0) is 37.7 Å². The van der Waals surface area contributed by atoms with Crippen LogP contribution >= 0.6 is 23.6 Å². The second-order valence-electron chi connectivity index (χ2n) is 3.73. The molecule has 0 atom stereocenters. The maximum atomic E-state index is 9.91. The third kappa shape index (κ3) is 2.49. The molecule has 0 spiro atoms. The summed E-state index contributed by atoms with van der Waals surface area (Å²) in [5.41, 5.74) is 1.83. The fourth-order valence-electron chi connectivity index (χ4n) is 1.50. The van der Waals surface area contributed by atoms with E-state index in [1.165, 1.54) is 11.3 Å². The number of aromatic hydroxyl groups is 1. The van der Waals surface area contributed by atoms with Crippen LogP contribution in [0.25, 0.3) is 0 Å². The van der Waals surface area contributed by atoms with Crippen molar-refractivity contribution in [2.45, 2.75) is 20.4 Å². The molecule has 4 nitrogen and oxygen atoms in total. The van der Waals surface area contributed by atoms with Gasteiger partial charge in [0.2, 0.25) is 10.9 Å². The van der Waals surface area contributed by atoms with Crippen molar-refractivity contribution in [2.75, 3.05) is 0 Å². The van der Waals surface area contributed by atoms with Crippen LogP contribution in [0.1, 0.15) is 12.5 Å². The third-order valence-electron chi connectivity index (χ3n) is 2.53. The lowest BCUT2D eigenvalue weighted by Gasteiger charge is -1.98. The lowest BCUT2D eigenvalue weighted by atomic mass is 10.2. The molecule has 0 bridgehead atoms. The number of aryl methyl sites for hydroxylation is 1. The number of thiazole rings is 1. The Morgan fingerprint density at radius 3 is 2.67 bits per heavy atom. The average Bonchev–Trinajstić information content (AvgIpc) is 2.63. The summed E-state index contributed by atoms with van der Waals surface area (Å²) in [7, 11) is 0. The lowest BCUT2D eigenvalue weighted by Crippen LogP contribution is -1.90. The zero-order chi connectivity index (χ0) is 13.1. The smallest absolute Gasteiger partial charge is 0.232 e. The van der Waals surface area contributed by atoms with E-state index in [1.54, 1.807) is 4.57 Å². The maximum absolute atomic E-state index is 9.91. The van der Waals surface area contributed by atoms with Gasteiger partial charge in [0.05, 0.1) is 5.69 Å². The van der Waals surface area contributed by atoms with Gasteiger partial charge in [-0.15, -0.1) is 10.2 Å². The van der Waals surface area contributed by atoms with Crippen LogP contribution in [-0.2, 0) is 6.54 Å². The number of azo groups is 1. The van der Waals surface area contributed by atoms with Crippen molar-refractivity contribution in [1.29, 1.82) is 0 Å². The molecule has 1 aromatic heterocycles. The monoisotopic (exact) mass is 279 g/mol. The fraction of sp³-hybridized carbons (Fsp3) is 0.250. The van der Waals surface area contributed by atoms with Gasteiger partial charge >= 0.3 is 0 Å². The van der Waals surface area contributed by atoms with E-state index < -0.39 is 0 Å². The van der Waals surface area contributed by atoms with E-state index in [9.17, 15) is 5.11 Å². The Morgan fingerprint density at radius 1 is 1.33 bits per heavy atom. The van der Waals surface area contributed by atoms with Crippen molar-refractivity contribution in [3.05, 3.63) is 33.8 Å². The standard InChI is InChI=1S/C12H13N3OS2/c1-3-15-11(16)10(18-12(15)17)14-13-9-7-5-4-6-8(9)2/h4-7,16H,3H2,1-2H3. The number of benzene rings is 1. The predicted molar refractivity (Wildman–Crippen MR) is 75.8 cm³/mol. The van der Waals surface area contributed by atoms with Gasteiger partial charge < -0.3 is 5.11 Å². The van der Waals surface area contributed by atoms with Crippen LogP contribution < -0.4 is 0 Å². The first kappa shape index (κ1) is 12.9. The molecule has 1 N–H and O–H groups in total. The minimum absolute atomic E-state index is 0.0878. The fourth-order valence-corrected chi connectivity index (χ4v) is 2.73. The minimum Gasteiger partial charge on any atom is -0.492 e. The van der Waals surface area contributed by atoms with Crippen LogP contribution in [0.5, 0.6) is 5.88 Å². The van der Waals surface area contributed by atoms with Crippen molar-refractivity contribution < 1.29 is 5.11 Å². The average molecular weight is 279 g/mol. The summed E-state index contributed by atoms with van der Waals surface area (Å²) >= 11 is 6.39. The number of hydrogen-bond donors (Lipinski definition) is 1. The van der Waals surface area contributed by atoms with E-state index in [0.717, 1.165) is 11.3 Å². The van der Waals surface area contributed by atoms with Crippen molar-refractivity contribution in [1.82, 2.24) is 4.57 Å². The Bertz CT molecular complexity index is 643. The zero-order valence-electron chi connectivity index (χ0n) is 10.1. The van der Waals surface area contributed by atoms with Gasteiger partial charge in [-0.1, -0.05) is 29.5 Å². The van der Waals surface area contributed by atoms with Crippen LogP contribution in [0.2, 0.25) is 0 Å². The Balaban J connectivity index is 2.36. The van der Waals surface area contributed by atoms with Gasteiger partial charge in [-0.25, -0.2) is 0 Å². The Labute approximate surface area is 114 Å². The molecule has 6 heteroatoms. The van der Waals surface area contributed by atoms with Gasteiger partial charge in [0.25, 0.3) is 0 Å². The maximum Gasteiger partial charge on any atom is 0.232 e. The van der Waals surface area contributed by atoms with Crippen LogP contribution in [-0.4, -0.2) is 9.67 Å². The molecule has 0 aliphatic heterocycles. The molecule has 0 unspecified atom stereocenters. The molecule has 18 heavy (non-hydrogen) atoms. The van der Waals surface area contributed by atoms with Crippen molar-refractivity contribution in [3.63, 3.8) is 0 Å². The zero-order valence-corrected chi connectivity index (χ0v) is 11.8. The van der Waals surface area contributed by atoms with Crippen molar-refractivity contribution in [3.8, 4) is 5.88 Å². The molecule has 1 aromatic carbocycles. The highest BCUT2D eigenvalue weighted by Crippen LogP contribution is 2.35. The van der Waals surface area contributed by atoms with E-state index in [2.05, 4.69) is 10.2 Å². The Kier molecular flexibility index (Phi) is 3.88. The summed E-state index contributed by atoms with van der Waals surface area (Å²) in [6.07, 6.45) is 0. The highest BCUT2D eigenvalue weighted by molar-refractivity contribution is 7.73. The molecule has 94 valence electrons. The lowest BCUT2D eigenvalue weighted by molar-refractivity contribution is 0.421. The molecule has 0 aliphatic rings. The SMILES string of the molecule is CCn1c(O)c(N=Nc2ccccc2C)sc1=S. The molecule has 2 aromatic rings. The number of nitrogens with zero attached hydrogens (tertiary/aromatic N) is 3. The topological polar surface area (TPSA) is 49.9 Å². The Morgan fingerprint density at radius 2 is 2.06 bits per heavy atom. The van der Waals surface area contributed by atoms with Crippen LogP contribution in [0.15, 0.2) is 34.5 Å². The molecule has 1 heterocycles. The normalized spacial score (nSPS) is 11.2. The van der Waals surface area contributed by atoms with Crippen molar-refractivity contribution >= 4 is 34.2 Å². The molecule has 0 amide bonds. The summed E-state index contributed by atoms with van der Waals surface area (Å²) in [6.45, 7) is 4.51. The molecule has 0 saturated carbocycles. The molecule has 0 radical (unpaired) electrons. The number of hydrogen-bond acceptors (Lipinski definition) is 5. The second-order valence-corrected chi connectivity index (χ2v) is 5.35. The van der Waals surface area contributed by atoms with Crippen LogP contribution in [0.4, 0.5) is 10.7 Å². The van der Waals surface area contributed by atoms with Gasteiger partial charge in [-0.3, -0.25) is 4.57 Å². The van der Waals surface area contributed by atoms with Gasteiger partial charge in [-0.2, -0.15) is 0 Å². The van der Waals surface area contributed by atoms with E-state index in [4.69, 9.17) is 12.2 Å². The molecule has 0 saturated heterocycles. The molecular formula is C12H13N3OS2. The quantitative estimate of drug-likeness (QED) is 0.652. The van der Waals surface area contributed by atoms with Crippen LogP contribution in [0.3, 0.4) is 0 Å². The first-order valence-corrected chi connectivity index (χ1v) is 6.76. The summed E-state index contributed by atoms with van der Waals surface area (Å²) < 4.78 is 2.24. The predicted octanol–water partition coefficient (Wildman–Crippen LogP) is 4.73. The van der Waals surface area contributed by atoms with Crippen molar-refractivity contribution in [2.24, 2.45) is 10.2 Å². The number of rotatable bonds is 3. The summed E-state index contributed by atoms with van der Waals surface area (Å²) in [6, 6.07) is 7.70. The van der Waals surface area contributed by atoms with Gasteiger partial charge in [0.1, 0.15) is 0 Å². The van der Waals surface area contributed by atoms with Gasteiger partial charge in [0.15, 0.2) is 3.95 Å². The molecule has 0 aliphatic carbocycles. The summed E-state index contributed by atoms with van der Waals surface area (Å²) in [5.74, 6) is 0.0878. The largest absolute Gasteiger partial charge is 0.492 e. The molecule has 2 rings (SSSR count). The highest BCUT2D eigenvalue weighted by Gasteiger charge is 2.09. The second kappa shape index (κ2) is 5.41. The highest BCUT2D eigenvalue weighted by atomic mass is 32.1. The van der Waals surface area contributed by atoms with E-state index in [1.807, 2.05) is 38.1 Å². The third-order valence-corrected chi connectivity index (χ3v) is 3.85. The Hall–Kier alpha value is -1.53. The first-order valence-electron chi connectivity index (χ1n) is 5.53. The van der Waals surface area contributed by atoms with Crippen LogP contribution in [0, 0.1) is 10.9 Å². The first-order chi connectivity index (χ1) is 8.63. The van der Waals surface area contributed by atoms with E-state index in [0.29, 0.717) is 15.5 Å². The van der Waals surface area contributed by atoms with E-state index >= 15 is 0 Å². The minimum atomic E-state index is 0.0878.